The van der Waals surface area contributed by atoms with Crippen LogP contribution in [0.4, 0.5) is 5.82 Å². The van der Waals surface area contributed by atoms with Gasteiger partial charge in [-0.15, -0.1) is 0 Å². The summed E-state index contributed by atoms with van der Waals surface area (Å²) >= 11 is 0. The fourth-order valence-electron chi connectivity index (χ4n) is 1.93. The van der Waals surface area contributed by atoms with Gasteiger partial charge in [0.1, 0.15) is 0 Å². The van der Waals surface area contributed by atoms with E-state index < -0.39 is 0 Å². The lowest BCUT2D eigenvalue weighted by Gasteiger charge is -2.23. The van der Waals surface area contributed by atoms with Crippen LogP contribution in [0.25, 0.3) is 0 Å². The Bertz CT molecular complexity index is 447. The van der Waals surface area contributed by atoms with E-state index in [0.717, 1.165) is 19.3 Å². The first-order valence-corrected chi connectivity index (χ1v) is 6.95. The molecule has 1 rings (SSSR count). The van der Waals surface area contributed by atoms with E-state index in [1.807, 2.05) is 20.8 Å². The average molecular weight is 266 g/mol. The SMILES string of the molecule is CCCCC(CN)Nc1nccn(C(C)(C)C)c1=O. The smallest absolute Gasteiger partial charge is 0.293 e. The molecule has 1 atom stereocenters. The largest absolute Gasteiger partial charge is 0.361 e. The van der Waals surface area contributed by atoms with Crippen molar-refractivity contribution < 1.29 is 0 Å². The van der Waals surface area contributed by atoms with E-state index in [2.05, 4.69) is 17.2 Å². The molecule has 0 amide bonds. The predicted octanol–water partition coefficient (Wildman–Crippen LogP) is 1.93. The summed E-state index contributed by atoms with van der Waals surface area (Å²) in [5.74, 6) is 0.393. The Kier molecular flexibility index (Phi) is 5.54. The van der Waals surface area contributed by atoms with Crippen LogP contribution in [0.3, 0.4) is 0 Å². The maximum Gasteiger partial charge on any atom is 0.293 e. The van der Waals surface area contributed by atoms with Crippen LogP contribution in [-0.2, 0) is 5.54 Å². The Labute approximate surface area is 115 Å². The van der Waals surface area contributed by atoms with E-state index in [-0.39, 0.29) is 17.1 Å². The first kappa shape index (κ1) is 15.7. The lowest BCUT2D eigenvalue weighted by Crippen LogP contribution is -2.38. The van der Waals surface area contributed by atoms with Gasteiger partial charge in [0.15, 0.2) is 5.82 Å². The van der Waals surface area contributed by atoms with Crippen molar-refractivity contribution in [2.75, 3.05) is 11.9 Å². The minimum Gasteiger partial charge on any atom is -0.361 e. The van der Waals surface area contributed by atoms with Crippen molar-refractivity contribution in [2.45, 2.75) is 58.5 Å². The van der Waals surface area contributed by atoms with Gasteiger partial charge < -0.3 is 15.6 Å². The third-order valence-corrected chi connectivity index (χ3v) is 3.09. The van der Waals surface area contributed by atoms with Crippen molar-refractivity contribution >= 4 is 5.82 Å². The van der Waals surface area contributed by atoms with Crippen LogP contribution in [0, 0.1) is 0 Å². The second-order valence-electron chi connectivity index (χ2n) is 5.84. The molecule has 19 heavy (non-hydrogen) atoms. The van der Waals surface area contributed by atoms with Crippen LogP contribution >= 0.6 is 0 Å². The molecular formula is C14H26N4O. The Balaban J connectivity index is 2.93. The zero-order valence-electron chi connectivity index (χ0n) is 12.4. The summed E-state index contributed by atoms with van der Waals surface area (Å²) in [5, 5.41) is 3.17. The van der Waals surface area contributed by atoms with Crippen molar-refractivity contribution in [3.8, 4) is 0 Å². The Hall–Kier alpha value is -1.36. The predicted molar refractivity (Wildman–Crippen MR) is 79.5 cm³/mol. The van der Waals surface area contributed by atoms with Gasteiger partial charge in [0, 0.05) is 30.5 Å². The third kappa shape index (κ3) is 4.35. The number of nitrogens with one attached hydrogen (secondary N) is 1. The maximum atomic E-state index is 12.3. The highest BCUT2D eigenvalue weighted by atomic mass is 16.1. The standard InChI is InChI=1S/C14H26N4O/c1-5-6-7-11(10-15)17-12-13(19)18(9-8-16-12)14(2,3)4/h8-9,11H,5-7,10,15H2,1-4H3,(H,16,17). The molecule has 5 heteroatoms. The average Bonchev–Trinajstić information content (AvgIpc) is 2.35. The van der Waals surface area contributed by atoms with E-state index in [1.165, 1.54) is 0 Å². The van der Waals surface area contributed by atoms with E-state index in [4.69, 9.17) is 5.73 Å². The Morgan fingerprint density at radius 1 is 1.47 bits per heavy atom. The van der Waals surface area contributed by atoms with E-state index >= 15 is 0 Å². The molecular weight excluding hydrogens is 240 g/mol. The normalized spacial score (nSPS) is 13.3. The molecule has 1 aromatic rings. The maximum absolute atomic E-state index is 12.3. The second kappa shape index (κ2) is 6.70. The number of nitrogens with zero attached hydrogens (tertiary/aromatic N) is 2. The molecule has 0 spiro atoms. The zero-order chi connectivity index (χ0) is 14.5. The number of hydrogen-bond acceptors (Lipinski definition) is 4. The van der Waals surface area contributed by atoms with E-state index in [9.17, 15) is 4.79 Å². The van der Waals surface area contributed by atoms with Crippen LogP contribution < -0.4 is 16.6 Å². The van der Waals surface area contributed by atoms with Gasteiger partial charge in [-0.05, 0) is 27.2 Å². The molecule has 1 unspecified atom stereocenters. The fourth-order valence-corrected chi connectivity index (χ4v) is 1.93. The molecule has 108 valence electrons. The summed E-state index contributed by atoms with van der Waals surface area (Å²) < 4.78 is 1.69. The van der Waals surface area contributed by atoms with Crippen molar-refractivity contribution in [1.29, 1.82) is 0 Å². The van der Waals surface area contributed by atoms with Gasteiger partial charge in [-0.1, -0.05) is 19.8 Å². The molecule has 0 bridgehead atoms. The van der Waals surface area contributed by atoms with Gasteiger partial charge in [-0.3, -0.25) is 4.79 Å². The number of unbranched alkanes of at least 4 members (excludes halogenated alkanes) is 1. The third-order valence-electron chi connectivity index (χ3n) is 3.09. The quantitative estimate of drug-likeness (QED) is 0.825. The van der Waals surface area contributed by atoms with Crippen LogP contribution in [-0.4, -0.2) is 22.1 Å². The summed E-state index contributed by atoms with van der Waals surface area (Å²) in [5.41, 5.74) is 5.39. The zero-order valence-corrected chi connectivity index (χ0v) is 12.4. The van der Waals surface area contributed by atoms with E-state index in [1.54, 1.807) is 17.0 Å². The molecule has 0 aliphatic rings. The van der Waals surface area contributed by atoms with Crippen LogP contribution in [0.2, 0.25) is 0 Å². The minimum atomic E-state index is -0.252. The Morgan fingerprint density at radius 3 is 2.68 bits per heavy atom. The fraction of sp³-hybridized carbons (Fsp3) is 0.714. The molecule has 5 nitrogen and oxygen atoms in total. The molecule has 0 fully saturated rings. The molecule has 0 aliphatic heterocycles. The number of nitrogens with two attached hydrogens (primary N) is 1. The Morgan fingerprint density at radius 2 is 2.16 bits per heavy atom. The number of hydrogen-bond donors (Lipinski definition) is 2. The highest BCUT2D eigenvalue weighted by molar-refractivity contribution is 5.32. The van der Waals surface area contributed by atoms with Gasteiger partial charge in [0.25, 0.3) is 5.56 Å². The summed E-state index contributed by atoms with van der Waals surface area (Å²) in [7, 11) is 0. The first-order chi connectivity index (χ1) is 8.90. The van der Waals surface area contributed by atoms with Crippen molar-refractivity contribution in [3.63, 3.8) is 0 Å². The van der Waals surface area contributed by atoms with Gasteiger partial charge in [0.2, 0.25) is 0 Å². The van der Waals surface area contributed by atoms with Crippen molar-refractivity contribution in [3.05, 3.63) is 22.7 Å². The highest BCUT2D eigenvalue weighted by Crippen LogP contribution is 2.11. The molecule has 1 aromatic heterocycles. The van der Waals surface area contributed by atoms with Crippen LogP contribution in [0.15, 0.2) is 17.2 Å². The topological polar surface area (TPSA) is 72.9 Å². The molecule has 0 aliphatic carbocycles. The summed E-state index contributed by atoms with van der Waals surface area (Å²) in [6.45, 7) is 8.63. The molecule has 1 heterocycles. The molecule has 0 radical (unpaired) electrons. The number of rotatable bonds is 6. The molecule has 0 aromatic carbocycles. The first-order valence-electron chi connectivity index (χ1n) is 6.95. The summed E-state index contributed by atoms with van der Waals surface area (Å²) in [4.78, 5) is 16.5. The monoisotopic (exact) mass is 266 g/mol. The summed E-state index contributed by atoms with van der Waals surface area (Å²) in [6.07, 6.45) is 6.54. The van der Waals surface area contributed by atoms with E-state index in [0.29, 0.717) is 12.4 Å². The van der Waals surface area contributed by atoms with Gasteiger partial charge >= 0.3 is 0 Å². The second-order valence-corrected chi connectivity index (χ2v) is 5.84. The minimum absolute atomic E-state index is 0.0926. The molecule has 0 saturated carbocycles. The van der Waals surface area contributed by atoms with Crippen molar-refractivity contribution in [2.24, 2.45) is 5.73 Å². The van der Waals surface area contributed by atoms with Crippen LogP contribution in [0.5, 0.6) is 0 Å². The van der Waals surface area contributed by atoms with Gasteiger partial charge in [-0.25, -0.2) is 4.98 Å². The molecule has 0 saturated heterocycles. The van der Waals surface area contributed by atoms with Crippen molar-refractivity contribution in [1.82, 2.24) is 9.55 Å². The summed E-state index contributed by atoms with van der Waals surface area (Å²) in [6, 6.07) is 0.107. The van der Waals surface area contributed by atoms with Gasteiger partial charge in [0.05, 0.1) is 0 Å². The highest BCUT2D eigenvalue weighted by Gasteiger charge is 2.17. The lowest BCUT2D eigenvalue weighted by atomic mass is 10.1. The lowest BCUT2D eigenvalue weighted by molar-refractivity contribution is 0.383. The molecule has 3 N–H and O–H groups in total. The van der Waals surface area contributed by atoms with Crippen LogP contribution in [0.1, 0.15) is 47.0 Å². The van der Waals surface area contributed by atoms with Gasteiger partial charge in [-0.2, -0.15) is 0 Å². The number of anilines is 1. The number of aromatic nitrogens is 2.